The van der Waals surface area contributed by atoms with E-state index in [2.05, 4.69) is 29.6 Å². The monoisotopic (exact) mass is 281 g/mol. The highest BCUT2D eigenvalue weighted by Crippen LogP contribution is 2.21. The van der Waals surface area contributed by atoms with Gasteiger partial charge >= 0.3 is 0 Å². The average Bonchev–Trinajstić information content (AvgIpc) is 2.96. The number of carbonyl (C=O) groups excluding carboxylic acids is 1. The molecule has 1 aliphatic rings. The molecule has 0 saturated carbocycles. The Bertz CT molecular complexity index is 607. The van der Waals surface area contributed by atoms with E-state index in [4.69, 9.17) is 0 Å². The van der Waals surface area contributed by atoms with Crippen LogP contribution in [0.2, 0.25) is 0 Å². The van der Waals surface area contributed by atoms with E-state index in [-0.39, 0.29) is 11.9 Å². The fraction of sp³-hybridized carbons (Fsp3) is 0.278. The summed E-state index contributed by atoms with van der Waals surface area (Å²) in [6.07, 6.45) is 1.30. The van der Waals surface area contributed by atoms with Crippen LogP contribution in [0, 0.1) is 0 Å². The van der Waals surface area contributed by atoms with E-state index in [1.54, 1.807) is 0 Å². The largest absolute Gasteiger partial charge is 0.391 e. The minimum Gasteiger partial charge on any atom is -0.391 e. The van der Waals surface area contributed by atoms with Gasteiger partial charge in [-0.3, -0.25) is 4.79 Å². The van der Waals surface area contributed by atoms with Crippen LogP contribution in [0.5, 0.6) is 0 Å². The van der Waals surface area contributed by atoms with Gasteiger partial charge in [0.1, 0.15) is 0 Å². The average molecular weight is 281 g/mol. The van der Waals surface area contributed by atoms with Crippen LogP contribution in [0.25, 0.3) is 11.1 Å². The molecule has 2 N–H and O–H groups in total. The van der Waals surface area contributed by atoms with Crippen LogP contribution < -0.4 is 5.32 Å². The number of hydrogen-bond donors (Lipinski definition) is 2. The summed E-state index contributed by atoms with van der Waals surface area (Å²) < 4.78 is 0. The molecule has 2 atom stereocenters. The second kappa shape index (κ2) is 6.10. The van der Waals surface area contributed by atoms with Crippen LogP contribution in [0.4, 0.5) is 0 Å². The Hall–Kier alpha value is -2.13. The van der Waals surface area contributed by atoms with Crippen molar-refractivity contribution in [3.05, 3.63) is 60.2 Å². The SMILES string of the molecule is O=C1CC[C@@H](C(O)Cc2ccc(-c3ccccc3)cc2)N1. The van der Waals surface area contributed by atoms with Crippen molar-refractivity contribution in [1.82, 2.24) is 5.32 Å². The van der Waals surface area contributed by atoms with Crippen LogP contribution in [0.15, 0.2) is 54.6 Å². The molecule has 1 heterocycles. The topological polar surface area (TPSA) is 49.3 Å². The van der Waals surface area contributed by atoms with Crippen LogP contribution in [-0.4, -0.2) is 23.2 Å². The molecule has 1 fully saturated rings. The minimum atomic E-state index is -0.515. The third kappa shape index (κ3) is 3.31. The van der Waals surface area contributed by atoms with E-state index in [0.29, 0.717) is 12.8 Å². The molecule has 2 aromatic rings. The molecule has 0 aliphatic carbocycles. The van der Waals surface area contributed by atoms with Crippen molar-refractivity contribution in [3.63, 3.8) is 0 Å². The fourth-order valence-corrected chi connectivity index (χ4v) is 2.77. The highest BCUT2D eigenvalue weighted by molar-refractivity contribution is 5.78. The maximum atomic E-state index is 11.2. The van der Waals surface area contributed by atoms with Gasteiger partial charge in [0.25, 0.3) is 0 Å². The van der Waals surface area contributed by atoms with E-state index >= 15 is 0 Å². The van der Waals surface area contributed by atoms with Crippen molar-refractivity contribution in [1.29, 1.82) is 0 Å². The molecule has 108 valence electrons. The molecular weight excluding hydrogens is 262 g/mol. The number of benzene rings is 2. The van der Waals surface area contributed by atoms with Gasteiger partial charge < -0.3 is 10.4 Å². The molecule has 21 heavy (non-hydrogen) atoms. The van der Waals surface area contributed by atoms with Crippen molar-refractivity contribution >= 4 is 5.91 Å². The molecule has 3 heteroatoms. The molecule has 3 rings (SSSR count). The van der Waals surface area contributed by atoms with Crippen LogP contribution in [-0.2, 0) is 11.2 Å². The Morgan fingerprint density at radius 2 is 1.71 bits per heavy atom. The van der Waals surface area contributed by atoms with Crippen molar-refractivity contribution in [3.8, 4) is 11.1 Å². The normalized spacial score (nSPS) is 19.3. The summed E-state index contributed by atoms with van der Waals surface area (Å²) in [4.78, 5) is 11.2. The summed E-state index contributed by atoms with van der Waals surface area (Å²) in [6, 6.07) is 18.3. The maximum absolute atomic E-state index is 11.2. The number of hydrogen-bond acceptors (Lipinski definition) is 2. The second-order valence-corrected chi connectivity index (χ2v) is 5.55. The quantitative estimate of drug-likeness (QED) is 0.905. The fourth-order valence-electron chi connectivity index (χ4n) is 2.77. The lowest BCUT2D eigenvalue weighted by Gasteiger charge is -2.18. The van der Waals surface area contributed by atoms with E-state index < -0.39 is 6.10 Å². The number of aliphatic hydroxyl groups excluding tert-OH is 1. The second-order valence-electron chi connectivity index (χ2n) is 5.55. The Balaban J connectivity index is 1.66. The molecule has 1 aliphatic heterocycles. The minimum absolute atomic E-state index is 0.0403. The molecule has 1 saturated heterocycles. The molecule has 3 nitrogen and oxygen atoms in total. The van der Waals surface area contributed by atoms with Gasteiger partial charge in [0.05, 0.1) is 12.1 Å². The number of amides is 1. The molecule has 0 aromatic heterocycles. The predicted molar refractivity (Wildman–Crippen MR) is 82.8 cm³/mol. The number of carbonyl (C=O) groups is 1. The molecule has 1 unspecified atom stereocenters. The summed E-state index contributed by atoms with van der Waals surface area (Å²) in [7, 11) is 0. The Morgan fingerprint density at radius 1 is 1.05 bits per heavy atom. The molecule has 0 radical (unpaired) electrons. The van der Waals surface area contributed by atoms with Crippen LogP contribution in [0.1, 0.15) is 18.4 Å². The number of nitrogens with one attached hydrogen (secondary N) is 1. The van der Waals surface area contributed by atoms with Crippen molar-refractivity contribution in [2.75, 3.05) is 0 Å². The lowest BCUT2D eigenvalue weighted by atomic mass is 9.98. The Kier molecular flexibility index (Phi) is 4.02. The lowest BCUT2D eigenvalue weighted by molar-refractivity contribution is -0.119. The summed E-state index contributed by atoms with van der Waals surface area (Å²) >= 11 is 0. The van der Waals surface area contributed by atoms with Crippen molar-refractivity contribution < 1.29 is 9.90 Å². The predicted octanol–water partition coefficient (Wildman–Crippen LogP) is 2.54. The van der Waals surface area contributed by atoms with Crippen LogP contribution in [0.3, 0.4) is 0 Å². The van der Waals surface area contributed by atoms with Gasteiger partial charge in [-0.05, 0) is 23.1 Å². The summed E-state index contributed by atoms with van der Waals surface area (Å²) in [5.41, 5.74) is 3.44. The highest BCUT2D eigenvalue weighted by atomic mass is 16.3. The molecular formula is C18H19NO2. The molecule has 1 amide bonds. The standard InChI is InChI=1S/C18H19NO2/c20-17(16-10-11-18(21)19-16)12-13-6-8-15(9-7-13)14-4-2-1-3-5-14/h1-9,16-17,20H,10-12H2,(H,19,21)/t16-,17?/m0/s1. The lowest BCUT2D eigenvalue weighted by Crippen LogP contribution is -2.37. The smallest absolute Gasteiger partial charge is 0.220 e. The summed E-state index contributed by atoms with van der Waals surface area (Å²) in [6.45, 7) is 0. The van der Waals surface area contributed by atoms with Gasteiger partial charge in [0.2, 0.25) is 5.91 Å². The van der Waals surface area contributed by atoms with Gasteiger partial charge in [0, 0.05) is 12.8 Å². The number of rotatable bonds is 4. The van der Waals surface area contributed by atoms with E-state index in [9.17, 15) is 9.90 Å². The van der Waals surface area contributed by atoms with Gasteiger partial charge in [-0.25, -0.2) is 0 Å². The first-order valence-corrected chi connectivity index (χ1v) is 7.34. The Labute approximate surface area is 124 Å². The maximum Gasteiger partial charge on any atom is 0.220 e. The zero-order valence-corrected chi connectivity index (χ0v) is 11.8. The van der Waals surface area contributed by atoms with Crippen molar-refractivity contribution in [2.24, 2.45) is 0 Å². The van der Waals surface area contributed by atoms with E-state index in [1.807, 2.05) is 30.3 Å². The molecule has 0 bridgehead atoms. The molecule has 2 aromatic carbocycles. The van der Waals surface area contributed by atoms with Gasteiger partial charge in [-0.1, -0.05) is 54.6 Å². The summed E-state index contributed by atoms with van der Waals surface area (Å²) in [5, 5.41) is 13.0. The van der Waals surface area contributed by atoms with E-state index in [1.165, 1.54) is 11.1 Å². The van der Waals surface area contributed by atoms with Gasteiger partial charge in [0.15, 0.2) is 0 Å². The first-order valence-electron chi connectivity index (χ1n) is 7.34. The summed E-state index contributed by atoms with van der Waals surface area (Å²) in [5.74, 6) is 0.0403. The highest BCUT2D eigenvalue weighted by Gasteiger charge is 2.27. The third-order valence-corrected chi connectivity index (χ3v) is 4.00. The number of aliphatic hydroxyl groups is 1. The zero-order chi connectivity index (χ0) is 14.7. The first kappa shape index (κ1) is 13.8. The van der Waals surface area contributed by atoms with Gasteiger partial charge in [-0.15, -0.1) is 0 Å². The van der Waals surface area contributed by atoms with Crippen LogP contribution >= 0.6 is 0 Å². The van der Waals surface area contributed by atoms with Crippen molar-refractivity contribution in [2.45, 2.75) is 31.4 Å². The zero-order valence-electron chi connectivity index (χ0n) is 11.8. The van der Waals surface area contributed by atoms with Gasteiger partial charge in [-0.2, -0.15) is 0 Å². The first-order chi connectivity index (χ1) is 10.2. The van der Waals surface area contributed by atoms with E-state index in [0.717, 1.165) is 12.0 Å². The molecule has 0 spiro atoms. The Morgan fingerprint density at radius 3 is 2.33 bits per heavy atom. The third-order valence-electron chi connectivity index (χ3n) is 4.00.